The van der Waals surface area contributed by atoms with E-state index >= 15 is 0 Å². The highest BCUT2D eigenvalue weighted by molar-refractivity contribution is 7.05. The molecule has 1 unspecified atom stereocenters. The lowest BCUT2D eigenvalue weighted by atomic mass is 10.1. The molecule has 86 valence electrons. The molecule has 2 rings (SSSR count). The molecular weight excluding hydrogens is 222 g/mol. The van der Waals surface area contributed by atoms with E-state index in [2.05, 4.69) is 28.4 Å². The van der Waals surface area contributed by atoms with Crippen molar-refractivity contribution in [2.75, 3.05) is 0 Å². The maximum atomic E-state index is 6.19. The van der Waals surface area contributed by atoms with Crippen molar-refractivity contribution < 1.29 is 0 Å². The van der Waals surface area contributed by atoms with Crippen LogP contribution >= 0.6 is 11.5 Å². The molecule has 2 heterocycles. The number of rotatable bonds is 3. The van der Waals surface area contributed by atoms with Gasteiger partial charge in [-0.15, -0.1) is 5.10 Å². The smallest absolute Gasteiger partial charge is 0.130 e. The fourth-order valence-electron chi connectivity index (χ4n) is 1.61. The summed E-state index contributed by atoms with van der Waals surface area (Å²) in [7, 11) is 1.94. The summed E-state index contributed by atoms with van der Waals surface area (Å²) in [4.78, 5) is 5.27. The van der Waals surface area contributed by atoms with Gasteiger partial charge in [0.1, 0.15) is 11.9 Å². The number of nitrogens with two attached hydrogens (primary N) is 1. The zero-order chi connectivity index (χ0) is 11.7. The van der Waals surface area contributed by atoms with E-state index in [0.717, 1.165) is 16.4 Å². The Labute approximate surface area is 98.5 Å². The Balaban J connectivity index is 2.38. The average Bonchev–Trinajstić information content (AvgIpc) is 2.84. The summed E-state index contributed by atoms with van der Waals surface area (Å²) < 4.78 is 5.90. The van der Waals surface area contributed by atoms with Crippen LogP contribution in [-0.4, -0.2) is 19.1 Å². The number of aryl methyl sites for hydroxylation is 1. The summed E-state index contributed by atoms with van der Waals surface area (Å²) in [5.41, 5.74) is 7.16. The van der Waals surface area contributed by atoms with E-state index in [1.54, 1.807) is 6.20 Å². The summed E-state index contributed by atoms with van der Waals surface area (Å²) in [6.07, 6.45) is 3.64. The predicted octanol–water partition coefficient (Wildman–Crippen LogP) is 1.44. The molecule has 0 aliphatic carbocycles. The van der Waals surface area contributed by atoms with Crippen molar-refractivity contribution in [3.8, 4) is 0 Å². The summed E-state index contributed by atoms with van der Waals surface area (Å²) in [5.74, 6) is 1.17. The lowest BCUT2D eigenvalue weighted by Crippen LogP contribution is -2.17. The SMILES string of the molecule is CC(C)c1nnsc1C(N)c1nccn1C. The summed E-state index contributed by atoms with van der Waals surface area (Å²) >= 11 is 1.35. The first-order valence-electron chi connectivity index (χ1n) is 5.16. The molecular formula is C10H15N5S. The molecule has 2 aromatic rings. The molecule has 0 amide bonds. The molecule has 2 aromatic heterocycles. The maximum Gasteiger partial charge on any atom is 0.130 e. The van der Waals surface area contributed by atoms with Gasteiger partial charge in [0.25, 0.3) is 0 Å². The molecule has 16 heavy (non-hydrogen) atoms. The Hall–Kier alpha value is -1.27. The summed E-state index contributed by atoms with van der Waals surface area (Å²) in [5, 5.41) is 4.13. The summed E-state index contributed by atoms with van der Waals surface area (Å²) in [6.45, 7) is 4.18. The minimum Gasteiger partial charge on any atom is -0.336 e. The van der Waals surface area contributed by atoms with Crippen LogP contribution in [0, 0.1) is 0 Å². The van der Waals surface area contributed by atoms with Crippen molar-refractivity contribution in [2.45, 2.75) is 25.8 Å². The van der Waals surface area contributed by atoms with Crippen molar-refractivity contribution >= 4 is 11.5 Å². The molecule has 1 atom stereocenters. The zero-order valence-corrected chi connectivity index (χ0v) is 10.4. The Morgan fingerprint density at radius 2 is 2.19 bits per heavy atom. The third-order valence-corrected chi connectivity index (χ3v) is 3.33. The molecule has 0 aromatic carbocycles. The lowest BCUT2D eigenvalue weighted by Gasteiger charge is -2.11. The zero-order valence-electron chi connectivity index (χ0n) is 9.58. The molecule has 0 fully saturated rings. The highest BCUT2D eigenvalue weighted by Crippen LogP contribution is 2.27. The maximum absolute atomic E-state index is 6.19. The van der Waals surface area contributed by atoms with Crippen LogP contribution in [0.3, 0.4) is 0 Å². The Bertz CT molecular complexity index is 473. The fourth-order valence-corrected chi connectivity index (χ4v) is 2.42. The molecule has 0 spiro atoms. The van der Waals surface area contributed by atoms with E-state index in [1.165, 1.54) is 11.5 Å². The standard InChI is InChI=1S/C10H15N5S/c1-6(2)8-9(16-14-13-8)7(11)10-12-4-5-15(10)3/h4-7H,11H2,1-3H3. The van der Waals surface area contributed by atoms with Gasteiger partial charge in [-0.2, -0.15) is 0 Å². The third kappa shape index (κ3) is 1.85. The second kappa shape index (κ2) is 4.31. The van der Waals surface area contributed by atoms with E-state index in [-0.39, 0.29) is 6.04 Å². The van der Waals surface area contributed by atoms with Crippen molar-refractivity contribution in [1.82, 2.24) is 19.1 Å². The largest absolute Gasteiger partial charge is 0.336 e. The van der Waals surface area contributed by atoms with Gasteiger partial charge in [0.05, 0.1) is 10.6 Å². The Morgan fingerprint density at radius 1 is 1.44 bits per heavy atom. The predicted molar refractivity (Wildman–Crippen MR) is 63.2 cm³/mol. The minimum atomic E-state index is -0.239. The van der Waals surface area contributed by atoms with E-state index in [0.29, 0.717) is 5.92 Å². The van der Waals surface area contributed by atoms with Gasteiger partial charge < -0.3 is 10.3 Å². The van der Waals surface area contributed by atoms with Gasteiger partial charge in [-0.05, 0) is 17.5 Å². The van der Waals surface area contributed by atoms with Crippen molar-refractivity contribution in [3.05, 3.63) is 28.8 Å². The quantitative estimate of drug-likeness (QED) is 0.877. The van der Waals surface area contributed by atoms with Crippen LogP contribution in [0.15, 0.2) is 12.4 Å². The van der Waals surface area contributed by atoms with Crippen LogP contribution in [0.1, 0.15) is 42.2 Å². The van der Waals surface area contributed by atoms with Crippen molar-refractivity contribution in [2.24, 2.45) is 12.8 Å². The Kier molecular flexibility index (Phi) is 3.02. The van der Waals surface area contributed by atoms with Gasteiger partial charge in [-0.25, -0.2) is 4.98 Å². The second-order valence-corrected chi connectivity index (χ2v) is 4.84. The molecule has 0 aliphatic heterocycles. The van der Waals surface area contributed by atoms with E-state index in [9.17, 15) is 0 Å². The van der Waals surface area contributed by atoms with Crippen LogP contribution in [0.5, 0.6) is 0 Å². The summed E-state index contributed by atoms with van der Waals surface area (Å²) in [6, 6.07) is -0.239. The molecule has 2 N–H and O–H groups in total. The highest BCUT2D eigenvalue weighted by atomic mass is 32.1. The Morgan fingerprint density at radius 3 is 2.75 bits per heavy atom. The minimum absolute atomic E-state index is 0.239. The van der Waals surface area contributed by atoms with Crippen LogP contribution in [0.2, 0.25) is 0 Å². The molecule has 5 nitrogen and oxygen atoms in total. The number of hydrogen-bond acceptors (Lipinski definition) is 5. The monoisotopic (exact) mass is 237 g/mol. The lowest BCUT2D eigenvalue weighted by molar-refractivity contribution is 0.702. The first-order valence-corrected chi connectivity index (χ1v) is 5.93. The molecule has 0 saturated heterocycles. The normalized spacial score (nSPS) is 13.3. The average molecular weight is 237 g/mol. The molecule has 0 aliphatic rings. The number of imidazole rings is 1. The van der Waals surface area contributed by atoms with E-state index in [1.807, 2.05) is 17.8 Å². The number of aromatic nitrogens is 4. The third-order valence-electron chi connectivity index (χ3n) is 2.51. The topological polar surface area (TPSA) is 69.6 Å². The van der Waals surface area contributed by atoms with E-state index in [4.69, 9.17) is 5.73 Å². The molecule has 0 bridgehead atoms. The van der Waals surface area contributed by atoms with E-state index < -0.39 is 0 Å². The van der Waals surface area contributed by atoms with Crippen LogP contribution < -0.4 is 5.73 Å². The van der Waals surface area contributed by atoms with Crippen LogP contribution in [-0.2, 0) is 7.05 Å². The first kappa shape index (κ1) is 11.2. The number of hydrogen-bond donors (Lipinski definition) is 1. The number of nitrogens with zero attached hydrogens (tertiary/aromatic N) is 4. The second-order valence-electron chi connectivity index (χ2n) is 4.05. The molecule has 6 heteroatoms. The van der Waals surface area contributed by atoms with Gasteiger partial charge in [0, 0.05) is 19.4 Å². The highest BCUT2D eigenvalue weighted by Gasteiger charge is 2.21. The van der Waals surface area contributed by atoms with Crippen molar-refractivity contribution in [3.63, 3.8) is 0 Å². The van der Waals surface area contributed by atoms with Gasteiger partial charge in [0.2, 0.25) is 0 Å². The van der Waals surface area contributed by atoms with Gasteiger partial charge in [-0.3, -0.25) is 0 Å². The van der Waals surface area contributed by atoms with Gasteiger partial charge in [-0.1, -0.05) is 18.3 Å². The van der Waals surface area contributed by atoms with Gasteiger partial charge in [0.15, 0.2) is 0 Å². The molecule has 0 radical (unpaired) electrons. The van der Waals surface area contributed by atoms with Crippen LogP contribution in [0.4, 0.5) is 0 Å². The van der Waals surface area contributed by atoms with Crippen molar-refractivity contribution in [1.29, 1.82) is 0 Å². The first-order chi connectivity index (χ1) is 7.61. The molecule has 0 saturated carbocycles. The van der Waals surface area contributed by atoms with Crippen LogP contribution in [0.25, 0.3) is 0 Å². The fraction of sp³-hybridized carbons (Fsp3) is 0.500. The van der Waals surface area contributed by atoms with Gasteiger partial charge >= 0.3 is 0 Å².